The second kappa shape index (κ2) is 8.13. The van der Waals surface area contributed by atoms with Crippen molar-refractivity contribution >= 4 is 23.1 Å². The molecule has 4 heterocycles. The second-order valence-corrected chi connectivity index (χ2v) is 7.59. The Kier molecular flexibility index (Phi) is 5.01. The standard InChI is InChI=1S/C23H17ClN8/c1-14-9-17(11-18(24)29-14)21-22(16-4-2-3-15(10-16)12-25)31-32-8-5-19(30-23(21)32)28-13-20-26-6-7-27-20/h2-11H,13H2,1H3,(H,26,27)(H,28,30). The number of aromatic amines is 1. The van der Waals surface area contributed by atoms with E-state index < -0.39 is 0 Å². The van der Waals surface area contributed by atoms with E-state index in [9.17, 15) is 5.26 Å². The molecule has 0 atom stereocenters. The zero-order valence-corrected chi connectivity index (χ0v) is 17.8. The van der Waals surface area contributed by atoms with Gasteiger partial charge in [-0.05, 0) is 42.8 Å². The molecular weight excluding hydrogens is 424 g/mol. The van der Waals surface area contributed by atoms with Crippen LogP contribution in [0.25, 0.3) is 28.0 Å². The summed E-state index contributed by atoms with van der Waals surface area (Å²) in [5, 5.41) is 17.8. The minimum absolute atomic E-state index is 0.392. The van der Waals surface area contributed by atoms with Gasteiger partial charge in [-0.3, -0.25) is 0 Å². The summed E-state index contributed by atoms with van der Waals surface area (Å²) in [7, 11) is 0. The van der Waals surface area contributed by atoms with Crippen LogP contribution in [-0.2, 0) is 6.54 Å². The lowest BCUT2D eigenvalue weighted by atomic mass is 10.00. The molecule has 5 aromatic rings. The Bertz CT molecular complexity index is 1440. The molecule has 0 saturated carbocycles. The van der Waals surface area contributed by atoms with Crippen LogP contribution in [-0.4, -0.2) is 29.5 Å². The molecule has 0 radical (unpaired) electrons. The van der Waals surface area contributed by atoms with Gasteiger partial charge in [-0.2, -0.15) is 10.4 Å². The number of pyridine rings is 1. The van der Waals surface area contributed by atoms with Gasteiger partial charge in [0, 0.05) is 29.8 Å². The number of aryl methyl sites for hydroxylation is 1. The molecule has 0 unspecified atom stereocenters. The molecule has 1 aromatic carbocycles. The molecule has 9 heteroatoms. The number of benzene rings is 1. The van der Waals surface area contributed by atoms with Crippen molar-refractivity contribution in [3.05, 3.63) is 83.3 Å². The summed E-state index contributed by atoms with van der Waals surface area (Å²) in [6, 6.07) is 15.1. The van der Waals surface area contributed by atoms with Crippen LogP contribution in [0.4, 0.5) is 5.82 Å². The smallest absolute Gasteiger partial charge is 0.165 e. The van der Waals surface area contributed by atoms with Crippen molar-refractivity contribution < 1.29 is 0 Å². The Hall–Kier alpha value is -4.22. The maximum Gasteiger partial charge on any atom is 0.165 e. The zero-order chi connectivity index (χ0) is 22.1. The Labute approximate surface area is 188 Å². The molecule has 0 aliphatic carbocycles. The first-order valence-electron chi connectivity index (χ1n) is 9.87. The highest BCUT2D eigenvalue weighted by Crippen LogP contribution is 2.36. The summed E-state index contributed by atoms with van der Waals surface area (Å²) < 4.78 is 1.73. The Morgan fingerprint density at radius 3 is 2.84 bits per heavy atom. The number of H-pyrrole nitrogens is 1. The van der Waals surface area contributed by atoms with Gasteiger partial charge in [0.2, 0.25) is 0 Å². The molecule has 0 saturated heterocycles. The maximum absolute atomic E-state index is 9.35. The summed E-state index contributed by atoms with van der Waals surface area (Å²) in [5.74, 6) is 1.50. The van der Waals surface area contributed by atoms with Gasteiger partial charge in [0.25, 0.3) is 0 Å². The summed E-state index contributed by atoms with van der Waals surface area (Å²) in [6.45, 7) is 2.40. The van der Waals surface area contributed by atoms with Crippen molar-refractivity contribution in [2.75, 3.05) is 5.32 Å². The van der Waals surface area contributed by atoms with Gasteiger partial charge >= 0.3 is 0 Å². The van der Waals surface area contributed by atoms with Crippen molar-refractivity contribution in [2.24, 2.45) is 0 Å². The highest BCUT2D eigenvalue weighted by Gasteiger charge is 2.19. The van der Waals surface area contributed by atoms with Crippen LogP contribution >= 0.6 is 11.6 Å². The van der Waals surface area contributed by atoms with Crippen molar-refractivity contribution in [3.8, 4) is 28.5 Å². The lowest BCUT2D eigenvalue weighted by molar-refractivity contribution is 0.933. The maximum atomic E-state index is 9.35. The van der Waals surface area contributed by atoms with Gasteiger partial charge in [-0.15, -0.1) is 0 Å². The molecule has 4 aromatic heterocycles. The minimum atomic E-state index is 0.392. The third kappa shape index (κ3) is 3.77. The van der Waals surface area contributed by atoms with Gasteiger partial charge < -0.3 is 10.3 Å². The number of nitriles is 1. The summed E-state index contributed by atoms with van der Waals surface area (Å²) in [5.41, 5.74) is 5.20. The van der Waals surface area contributed by atoms with Crippen LogP contribution in [0.5, 0.6) is 0 Å². The van der Waals surface area contributed by atoms with Crippen LogP contribution in [0.15, 0.2) is 61.1 Å². The molecule has 0 bridgehead atoms. The van der Waals surface area contributed by atoms with Crippen molar-refractivity contribution in [2.45, 2.75) is 13.5 Å². The molecule has 156 valence electrons. The molecule has 0 spiro atoms. The number of nitrogens with zero attached hydrogens (tertiary/aromatic N) is 6. The molecule has 32 heavy (non-hydrogen) atoms. The van der Waals surface area contributed by atoms with E-state index in [1.807, 2.05) is 43.5 Å². The number of fused-ring (bicyclic) bond motifs is 1. The number of halogens is 1. The molecule has 0 fully saturated rings. The lowest BCUT2D eigenvalue weighted by Crippen LogP contribution is -2.04. The van der Waals surface area contributed by atoms with Gasteiger partial charge in [0.05, 0.1) is 23.7 Å². The van der Waals surface area contributed by atoms with E-state index in [-0.39, 0.29) is 0 Å². The first kappa shape index (κ1) is 19.7. The molecular formula is C23H17ClN8. The highest BCUT2D eigenvalue weighted by atomic mass is 35.5. The van der Waals surface area contributed by atoms with Gasteiger partial charge in [0.1, 0.15) is 22.5 Å². The number of rotatable bonds is 5. The van der Waals surface area contributed by atoms with E-state index in [1.165, 1.54) is 0 Å². The van der Waals surface area contributed by atoms with E-state index in [1.54, 1.807) is 29.0 Å². The largest absolute Gasteiger partial charge is 0.363 e. The van der Waals surface area contributed by atoms with Crippen molar-refractivity contribution in [1.82, 2.24) is 29.5 Å². The fourth-order valence-corrected chi connectivity index (χ4v) is 3.82. The van der Waals surface area contributed by atoms with Gasteiger partial charge in [-0.1, -0.05) is 23.7 Å². The van der Waals surface area contributed by atoms with Crippen LogP contribution in [0.3, 0.4) is 0 Å². The average molecular weight is 441 g/mol. The number of imidazole rings is 1. The molecule has 0 amide bonds. The number of nitrogens with one attached hydrogen (secondary N) is 2. The van der Waals surface area contributed by atoms with E-state index in [0.29, 0.717) is 34.4 Å². The van der Waals surface area contributed by atoms with Crippen LogP contribution in [0, 0.1) is 18.3 Å². The summed E-state index contributed by atoms with van der Waals surface area (Å²) >= 11 is 6.28. The number of hydrogen-bond acceptors (Lipinski definition) is 6. The van der Waals surface area contributed by atoms with Gasteiger partial charge in [-0.25, -0.2) is 19.5 Å². The zero-order valence-electron chi connectivity index (χ0n) is 17.0. The summed E-state index contributed by atoms with van der Waals surface area (Å²) in [6.07, 6.45) is 5.34. The number of aromatic nitrogens is 6. The topological polar surface area (TPSA) is 108 Å². The van der Waals surface area contributed by atoms with E-state index >= 15 is 0 Å². The number of anilines is 1. The lowest BCUT2D eigenvalue weighted by Gasteiger charge is -2.07. The van der Waals surface area contributed by atoms with Crippen LogP contribution in [0.1, 0.15) is 17.1 Å². The van der Waals surface area contributed by atoms with E-state index in [0.717, 1.165) is 28.2 Å². The average Bonchev–Trinajstić information content (AvgIpc) is 3.44. The minimum Gasteiger partial charge on any atom is -0.363 e. The Morgan fingerprint density at radius 1 is 1.16 bits per heavy atom. The Morgan fingerprint density at radius 2 is 2.06 bits per heavy atom. The molecule has 5 rings (SSSR count). The first-order valence-corrected chi connectivity index (χ1v) is 10.2. The van der Waals surface area contributed by atoms with E-state index in [2.05, 4.69) is 26.3 Å². The third-order valence-corrected chi connectivity index (χ3v) is 5.15. The first-order chi connectivity index (χ1) is 15.6. The second-order valence-electron chi connectivity index (χ2n) is 7.21. The predicted molar refractivity (Wildman–Crippen MR) is 122 cm³/mol. The van der Waals surface area contributed by atoms with E-state index in [4.69, 9.17) is 21.7 Å². The highest BCUT2D eigenvalue weighted by molar-refractivity contribution is 6.29. The predicted octanol–water partition coefficient (Wildman–Crippen LogP) is 4.63. The molecule has 8 nitrogen and oxygen atoms in total. The van der Waals surface area contributed by atoms with Crippen LogP contribution < -0.4 is 5.32 Å². The monoisotopic (exact) mass is 440 g/mol. The SMILES string of the molecule is Cc1cc(-c2c(-c3cccc(C#N)c3)nn3ccc(NCc4ncc[nH]4)nc23)cc(Cl)n1. The Balaban J connectivity index is 1.69. The quantitative estimate of drug-likeness (QED) is 0.386. The fraction of sp³-hybridized carbons (Fsp3) is 0.0870. The fourth-order valence-electron chi connectivity index (χ4n) is 3.57. The molecule has 0 aliphatic rings. The van der Waals surface area contributed by atoms with Crippen LogP contribution in [0.2, 0.25) is 5.15 Å². The third-order valence-electron chi connectivity index (χ3n) is 4.95. The van der Waals surface area contributed by atoms with Crippen molar-refractivity contribution in [3.63, 3.8) is 0 Å². The van der Waals surface area contributed by atoms with Crippen molar-refractivity contribution in [1.29, 1.82) is 5.26 Å². The number of hydrogen-bond donors (Lipinski definition) is 2. The van der Waals surface area contributed by atoms with Gasteiger partial charge in [0.15, 0.2) is 5.65 Å². The normalized spacial score (nSPS) is 10.9. The summed E-state index contributed by atoms with van der Waals surface area (Å²) in [4.78, 5) is 16.4. The molecule has 2 N–H and O–H groups in total. The molecule has 0 aliphatic heterocycles.